The number of likely N-dealkylation sites (tertiary alicyclic amines) is 1. The lowest BCUT2D eigenvalue weighted by Gasteiger charge is -2.60. The molecule has 152 valence electrons. The molecular formula is C24H35N3O. The number of carbonyl (C=O) groups excluding carboxylic acids is 1. The number of fused-ring (bicyclic) bond motifs is 2. The Morgan fingerprint density at radius 2 is 1.86 bits per heavy atom. The van der Waals surface area contributed by atoms with Crippen molar-refractivity contribution in [3.8, 4) is 0 Å². The van der Waals surface area contributed by atoms with Crippen LogP contribution in [0.15, 0.2) is 30.3 Å². The van der Waals surface area contributed by atoms with Gasteiger partial charge in [-0.3, -0.25) is 4.79 Å². The van der Waals surface area contributed by atoms with Gasteiger partial charge in [0.15, 0.2) is 0 Å². The molecule has 1 aromatic rings. The highest BCUT2D eigenvalue weighted by molar-refractivity contribution is 5.93. The lowest BCUT2D eigenvalue weighted by molar-refractivity contribution is -0.125. The van der Waals surface area contributed by atoms with Crippen molar-refractivity contribution in [3.63, 3.8) is 0 Å². The molecule has 4 nitrogen and oxygen atoms in total. The minimum absolute atomic E-state index is 0.227. The van der Waals surface area contributed by atoms with E-state index in [-0.39, 0.29) is 11.4 Å². The molecule has 3 aliphatic carbocycles. The lowest BCUT2D eigenvalue weighted by atomic mass is 9.45. The average Bonchev–Trinajstić information content (AvgIpc) is 3.04. The monoisotopic (exact) mass is 381 g/mol. The van der Waals surface area contributed by atoms with E-state index >= 15 is 0 Å². The largest absolute Gasteiger partial charge is 0.339 e. The number of amides is 1. The molecule has 4 heteroatoms. The molecule has 5 aliphatic rings. The van der Waals surface area contributed by atoms with Gasteiger partial charge in [-0.25, -0.2) is 0 Å². The number of anilines is 1. The summed E-state index contributed by atoms with van der Waals surface area (Å²) in [6, 6.07) is 10.4. The number of nitrogens with one attached hydrogen (secondary N) is 1. The quantitative estimate of drug-likeness (QED) is 0.860. The molecule has 5 fully saturated rings. The van der Waals surface area contributed by atoms with Crippen molar-refractivity contribution in [2.45, 2.75) is 57.9 Å². The van der Waals surface area contributed by atoms with Crippen molar-refractivity contribution in [1.82, 2.24) is 10.2 Å². The molecule has 2 heterocycles. The van der Waals surface area contributed by atoms with Crippen LogP contribution in [0.4, 0.5) is 5.69 Å². The second kappa shape index (κ2) is 6.76. The van der Waals surface area contributed by atoms with E-state index in [0.717, 1.165) is 43.7 Å². The third kappa shape index (κ3) is 2.79. The molecule has 2 bridgehead atoms. The van der Waals surface area contributed by atoms with Crippen molar-refractivity contribution in [2.24, 2.45) is 23.2 Å². The van der Waals surface area contributed by atoms with Gasteiger partial charge in [0.05, 0.1) is 6.67 Å². The Labute approximate surface area is 169 Å². The summed E-state index contributed by atoms with van der Waals surface area (Å²) in [7, 11) is 0. The van der Waals surface area contributed by atoms with Crippen LogP contribution in [-0.4, -0.2) is 42.6 Å². The summed E-state index contributed by atoms with van der Waals surface area (Å²) in [5.74, 6) is 3.10. The van der Waals surface area contributed by atoms with Gasteiger partial charge in [-0.05, 0) is 80.4 Å². The third-order valence-electron chi connectivity index (χ3n) is 8.91. The summed E-state index contributed by atoms with van der Waals surface area (Å²) in [6.45, 7) is 8.94. The fourth-order valence-corrected chi connectivity index (χ4v) is 6.84. The van der Waals surface area contributed by atoms with E-state index in [2.05, 4.69) is 53.2 Å². The Morgan fingerprint density at radius 3 is 2.54 bits per heavy atom. The van der Waals surface area contributed by atoms with E-state index in [4.69, 9.17) is 0 Å². The van der Waals surface area contributed by atoms with Crippen LogP contribution in [-0.2, 0) is 4.79 Å². The molecule has 28 heavy (non-hydrogen) atoms. The second-order valence-corrected chi connectivity index (χ2v) is 10.3. The zero-order valence-electron chi connectivity index (χ0n) is 17.5. The molecule has 3 saturated carbocycles. The number of hydrogen-bond acceptors (Lipinski definition) is 3. The highest BCUT2D eigenvalue weighted by atomic mass is 16.2. The van der Waals surface area contributed by atoms with Gasteiger partial charge in [-0.15, -0.1) is 0 Å². The van der Waals surface area contributed by atoms with Gasteiger partial charge in [0.1, 0.15) is 5.54 Å². The molecule has 1 N–H and O–H groups in total. The first-order chi connectivity index (χ1) is 13.5. The lowest BCUT2D eigenvalue weighted by Crippen LogP contribution is -2.57. The molecular weight excluding hydrogens is 346 g/mol. The maximum atomic E-state index is 12.8. The summed E-state index contributed by atoms with van der Waals surface area (Å²) in [6.07, 6.45) is 7.60. The Bertz CT molecular complexity index is 721. The van der Waals surface area contributed by atoms with Crippen molar-refractivity contribution >= 4 is 11.6 Å². The van der Waals surface area contributed by atoms with Crippen LogP contribution in [0.25, 0.3) is 0 Å². The van der Waals surface area contributed by atoms with E-state index in [9.17, 15) is 4.79 Å². The van der Waals surface area contributed by atoms with E-state index in [1.54, 1.807) is 0 Å². The maximum absolute atomic E-state index is 12.8. The first-order valence-electron chi connectivity index (χ1n) is 11.3. The van der Waals surface area contributed by atoms with Crippen LogP contribution in [0.5, 0.6) is 0 Å². The van der Waals surface area contributed by atoms with Crippen LogP contribution >= 0.6 is 0 Å². The predicted octanol–water partition coefficient (Wildman–Crippen LogP) is 3.88. The molecule has 3 unspecified atom stereocenters. The first kappa shape index (κ1) is 18.5. The van der Waals surface area contributed by atoms with Gasteiger partial charge < -0.3 is 15.1 Å². The summed E-state index contributed by atoms with van der Waals surface area (Å²) >= 11 is 0. The van der Waals surface area contributed by atoms with Crippen molar-refractivity contribution in [3.05, 3.63) is 30.3 Å². The smallest absolute Gasteiger partial charge is 0.247 e. The van der Waals surface area contributed by atoms with Crippen molar-refractivity contribution in [2.75, 3.05) is 31.2 Å². The Balaban J connectivity index is 1.20. The van der Waals surface area contributed by atoms with Crippen LogP contribution in [0.3, 0.4) is 0 Å². The van der Waals surface area contributed by atoms with Crippen LogP contribution in [0, 0.1) is 23.2 Å². The van der Waals surface area contributed by atoms with Gasteiger partial charge in [-0.1, -0.05) is 32.0 Å². The molecule has 1 spiro atoms. The van der Waals surface area contributed by atoms with E-state index in [1.807, 2.05) is 6.07 Å². The molecule has 0 aromatic heterocycles. The van der Waals surface area contributed by atoms with Gasteiger partial charge in [0.25, 0.3) is 0 Å². The van der Waals surface area contributed by atoms with E-state index in [1.165, 1.54) is 37.9 Å². The minimum Gasteiger partial charge on any atom is -0.339 e. The molecule has 6 rings (SSSR count). The minimum atomic E-state index is -0.341. The maximum Gasteiger partial charge on any atom is 0.247 e. The summed E-state index contributed by atoms with van der Waals surface area (Å²) in [5.41, 5.74) is 1.41. The molecule has 1 aromatic carbocycles. The average molecular weight is 382 g/mol. The Morgan fingerprint density at radius 1 is 1.11 bits per heavy atom. The molecule has 0 radical (unpaired) electrons. The number of rotatable bonds is 4. The topological polar surface area (TPSA) is 35.6 Å². The first-order valence-corrected chi connectivity index (χ1v) is 11.3. The van der Waals surface area contributed by atoms with Gasteiger partial charge in [0, 0.05) is 18.8 Å². The van der Waals surface area contributed by atoms with Crippen molar-refractivity contribution in [1.29, 1.82) is 0 Å². The summed E-state index contributed by atoms with van der Waals surface area (Å²) < 4.78 is 0. The van der Waals surface area contributed by atoms with Crippen LogP contribution < -0.4 is 10.2 Å². The zero-order valence-corrected chi connectivity index (χ0v) is 17.5. The van der Waals surface area contributed by atoms with Crippen LogP contribution in [0.2, 0.25) is 0 Å². The van der Waals surface area contributed by atoms with E-state index < -0.39 is 0 Å². The number of carbonyl (C=O) groups is 1. The summed E-state index contributed by atoms with van der Waals surface area (Å²) in [4.78, 5) is 17.7. The second-order valence-electron chi connectivity index (χ2n) is 10.3. The number of nitrogens with zero attached hydrogens (tertiary/aromatic N) is 2. The fourth-order valence-electron chi connectivity index (χ4n) is 6.84. The highest BCUT2D eigenvalue weighted by Crippen LogP contribution is 2.62. The number of piperidine rings is 1. The zero-order chi connectivity index (χ0) is 19.4. The highest BCUT2D eigenvalue weighted by Gasteiger charge is 2.54. The Kier molecular flexibility index (Phi) is 4.46. The molecule has 2 aliphatic heterocycles. The predicted molar refractivity (Wildman–Crippen MR) is 113 cm³/mol. The third-order valence-corrected chi connectivity index (χ3v) is 8.91. The number of para-hydroxylation sites is 1. The van der Waals surface area contributed by atoms with Gasteiger partial charge in [0.2, 0.25) is 5.91 Å². The Hall–Kier alpha value is -1.55. The molecule has 3 atom stereocenters. The summed E-state index contributed by atoms with van der Waals surface area (Å²) in [5, 5.41) is 3.12. The number of benzene rings is 1. The van der Waals surface area contributed by atoms with Gasteiger partial charge >= 0.3 is 0 Å². The van der Waals surface area contributed by atoms with Crippen molar-refractivity contribution < 1.29 is 4.79 Å². The van der Waals surface area contributed by atoms with Gasteiger partial charge in [-0.2, -0.15) is 0 Å². The standard InChI is InChI=1S/C24H35N3O/c1-23(2)19-9-8-18(21(23)16-19)10-13-26-14-11-24(12-15-26)22(28)25-17-27(24)20-6-4-3-5-7-20/h3-7,18-19,21H,8-17H2,1-2H3,(H,25,28). The number of hydrogen-bond donors (Lipinski definition) is 1. The SMILES string of the molecule is CC1(C)C2CCC(CCN3CCC4(CC3)C(=O)NCN4c3ccccc3)C1C2. The van der Waals surface area contributed by atoms with Crippen LogP contribution in [0.1, 0.15) is 52.4 Å². The molecule has 1 amide bonds. The normalized spacial score (nSPS) is 33.6. The molecule has 2 saturated heterocycles. The fraction of sp³-hybridized carbons (Fsp3) is 0.708. The van der Waals surface area contributed by atoms with E-state index in [0.29, 0.717) is 12.1 Å².